The van der Waals surface area contributed by atoms with E-state index in [0.29, 0.717) is 11.1 Å². The summed E-state index contributed by atoms with van der Waals surface area (Å²) >= 11 is 0. The smallest absolute Gasteiger partial charge is 0.418 e. The Morgan fingerprint density at radius 2 is 1.69 bits per heavy atom. The van der Waals surface area contributed by atoms with Crippen LogP contribution in [0.25, 0.3) is 10.9 Å². The number of rotatable bonds is 5. The van der Waals surface area contributed by atoms with E-state index in [1.54, 1.807) is 44.2 Å². The molecule has 4 nitrogen and oxygen atoms in total. The molecule has 0 bridgehead atoms. The van der Waals surface area contributed by atoms with Crippen molar-refractivity contribution in [3.63, 3.8) is 0 Å². The van der Waals surface area contributed by atoms with Crippen molar-refractivity contribution in [3.05, 3.63) is 76.6 Å². The van der Waals surface area contributed by atoms with Gasteiger partial charge in [0, 0.05) is 17.6 Å². The number of para-hydroxylation sites is 1. The fourth-order valence-electron chi connectivity index (χ4n) is 3.69. The summed E-state index contributed by atoms with van der Waals surface area (Å²) in [7, 11) is 0. The van der Waals surface area contributed by atoms with E-state index in [0.717, 1.165) is 0 Å². The van der Waals surface area contributed by atoms with E-state index >= 15 is 0 Å². The fraction of sp³-hybridized carbons (Fsp3) is 0.318. The van der Waals surface area contributed by atoms with Crippen molar-refractivity contribution < 1.29 is 23.4 Å². The quantitative estimate of drug-likeness (QED) is 0.663. The third-order valence-electron chi connectivity index (χ3n) is 5.21. The van der Waals surface area contributed by atoms with Crippen LogP contribution in [0.3, 0.4) is 0 Å². The van der Waals surface area contributed by atoms with Gasteiger partial charge < -0.3 is 14.8 Å². The molecule has 7 heteroatoms. The molecule has 2 N–H and O–H groups in total. The molecule has 154 valence electrons. The van der Waals surface area contributed by atoms with Crippen LogP contribution in [0.2, 0.25) is 0 Å². The predicted octanol–water partition coefficient (Wildman–Crippen LogP) is 4.37. The number of pyridine rings is 1. The minimum Gasteiger partial charge on any atom is -0.508 e. The molecular formula is C22H22F3NO3. The van der Waals surface area contributed by atoms with Crippen LogP contribution in [0.1, 0.15) is 25.8 Å². The molecule has 29 heavy (non-hydrogen) atoms. The van der Waals surface area contributed by atoms with Crippen LogP contribution in [0, 0.1) is 0 Å². The van der Waals surface area contributed by atoms with Gasteiger partial charge in [-0.05, 0) is 41.7 Å². The maximum absolute atomic E-state index is 14.0. The van der Waals surface area contributed by atoms with Gasteiger partial charge in [-0.15, -0.1) is 0 Å². The van der Waals surface area contributed by atoms with Crippen molar-refractivity contribution in [2.75, 3.05) is 0 Å². The van der Waals surface area contributed by atoms with E-state index in [1.165, 1.54) is 35.0 Å². The highest BCUT2D eigenvalue weighted by atomic mass is 19.4. The molecule has 0 saturated carbocycles. The first-order valence-electron chi connectivity index (χ1n) is 9.10. The van der Waals surface area contributed by atoms with E-state index in [1.807, 2.05) is 0 Å². The third-order valence-corrected chi connectivity index (χ3v) is 5.21. The number of halogens is 3. The number of benzene rings is 2. The zero-order valence-electron chi connectivity index (χ0n) is 16.1. The normalized spacial score (nSPS) is 14.7. The van der Waals surface area contributed by atoms with Crippen LogP contribution in [-0.4, -0.2) is 26.6 Å². The Morgan fingerprint density at radius 3 is 2.34 bits per heavy atom. The number of alkyl halides is 3. The Labute approximate surface area is 165 Å². The molecule has 0 aliphatic carbocycles. The number of hydrogen-bond acceptors (Lipinski definition) is 3. The van der Waals surface area contributed by atoms with E-state index in [2.05, 4.69) is 0 Å². The molecule has 1 aromatic heterocycles. The van der Waals surface area contributed by atoms with E-state index in [9.17, 15) is 28.2 Å². The molecule has 2 aromatic carbocycles. The number of nitrogens with zero attached hydrogens (tertiary/aromatic N) is 1. The van der Waals surface area contributed by atoms with Gasteiger partial charge in [-0.2, -0.15) is 13.2 Å². The summed E-state index contributed by atoms with van der Waals surface area (Å²) < 4.78 is 43.3. The number of phenols is 1. The van der Waals surface area contributed by atoms with Crippen LogP contribution in [-0.2, 0) is 12.0 Å². The molecule has 0 radical (unpaired) electrons. The van der Waals surface area contributed by atoms with Crippen LogP contribution in [0.5, 0.6) is 5.75 Å². The van der Waals surface area contributed by atoms with Crippen LogP contribution in [0.15, 0.2) is 65.6 Å². The lowest BCUT2D eigenvalue weighted by Crippen LogP contribution is -2.52. The Hall–Kier alpha value is -2.80. The van der Waals surface area contributed by atoms with Crippen LogP contribution < -0.4 is 5.43 Å². The lowest BCUT2D eigenvalue weighted by Gasteiger charge is -2.38. The van der Waals surface area contributed by atoms with Crippen LogP contribution in [0.4, 0.5) is 13.2 Å². The maximum atomic E-state index is 14.0. The van der Waals surface area contributed by atoms with Crippen molar-refractivity contribution in [1.82, 2.24) is 4.57 Å². The van der Waals surface area contributed by atoms with Crippen molar-refractivity contribution in [1.29, 1.82) is 0 Å². The second-order valence-corrected chi connectivity index (χ2v) is 7.97. The standard InChI is InChI=1S/C22H22F3NO3/c1-20(2,15-6-5-7-16(27)12-15)13-21(29,22(23,24)25)14-26-11-10-19(28)17-8-3-4-9-18(17)26/h3-12,27,29H,13-14H2,1-2H3. The number of aromatic nitrogens is 1. The van der Waals surface area contributed by atoms with Crippen molar-refractivity contribution in [2.24, 2.45) is 0 Å². The first kappa shape index (κ1) is 20.9. The zero-order valence-corrected chi connectivity index (χ0v) is 16.1. The summed E-state index contributed by atoms with van der Waals surface area (Å²) in [6.45, 7) is 2.41. The molecule has 1 unspecified atom stereocenters. The Bertz CT molecular complexity index is 1090. The predicted molar refractivity (Wildman–Crippen MR) is 105 cm³/mol. The van der Waals surface area contributed by atoms with Crippen molar-refractivity contribution in [2.45, 2.75) is 44.0 Å². The minimum absolute atomic E-state index is 0.0578. The van der Waals surface area contributed by atoms with Gasteiger partial charge in [-0.25, -0.2) is 0 Å². The molecule has 3 aromatic rings. The summed E-state index contributed by atoms with van der Waals surface area (Å²) in [4.78, 5) is 12.0. The number of aromatic hydroxyl groups is 1. The second-order valence-electron chi connectivity index (χ2n) is 7.97. The molecule has 0 spiro atoms. The number of phenolic OH excluding ortho intramolecular Hbond substituents is 1. The Balaban J connectivity index is 2.05. The van der Waals surface area contributed by atoms with Crippen molar-refractivity contribution >= 4 is 10.9 Å². The molecular weight excluding hydrogens is 383 g/mol. The topological polar surface area (TPSA) is 62.5 Å². The SMILES string of the molecule is CC(C)(CC(O)(Cn1ccc(=O)c2ccccc21)C(F)(F)F)c1cccc(O)c1. The van der Waals surface area contributed by atoms with Gasteiger partial charge in [0.15, 0.2) is 11.0 Å². The molecule has 1 heterocycles. The molecule has 0 aliphatic heterocycles. The lowest BCUT2D eigenvalue weighted by molar-refractivity contribution is -0.271. The van der Waals surface area contributed by atoms with Crippen molar-refractivity contribution in [3.8, 4) is 5.75 Å². The third kappa shape index (κ3) is 4.15. The second kappa shape index (κ2) is 7.22. The van der Waals surface area contributed by atoms with Gasteiger partial charge in [0.25, 0.3) is 0 Å². The molecule has 0 fully saturated rings. The van der Waals surface area contributed by atoms with Gasteiger partial charge in [-0.3, -0.25) is 4.79 Å². The number of hydrogen-bond donors (Lipinski definition) is 2. The summed E-state index contributed by atoms with van der Waals surface area (Å²) in [5, 5.41) is 20.8. The van der Waals surface area contributed by atoms with Gasteiger partial charge in [0.1, 0.15) is 5.75 Å². The summed E-state index contributed by atoms with van der Waals surface area (Å²) in [5.74, 6) is -0.0578. The number of aliphatic hydroxyl groups is 1. The van der Waals surface area contributed by atoms with E-state index < -0.39 is 30.2 Å². The molecule has 0 aliphatic rings. The van der Waals surface area contributed by atoms with Gasteiger partial charge in [0.05, 0.1) is 12.1 Å². The molecule has 3 rings (SSSR count). The largest absolute Gasteiger partial charge is 0.508 e. The highest BCUT2D eigenvalue weighted by molar-refractivity contribution is 5.78. The monoisotopic (exact) mass is 405 g/mol. The molecule has 0 saturated heterocycles. The first-order chi connectivity index (χ1) is 13.4. The Morgan fingerprint density at radius 1 is 1.00 bits per heavy atom. The summed E-state index contributed by atoms with van der Waals surface area (Å²) in [6, 6.07) is 13.5. The molecule has 1 atom stereocenters. The molecule has 0 amide bonds. The van der Waals surface area contributed by atoms with Gasteiger partial charge in [0.2, 0.25) is 0 Å². The fourth-order valence-corrected chi connectivity index (χ4v) is 3.69. The highest BCUT2D eigenvalue weighted by Crippen LogP contribution is 2.42. The Kier molecular flexibility index (Phi) is 5.21. The lowest BCUT2D eigenvalue weighted by atomic mass is 9.74. The van der Waals surface area contributed by atoms with E-state index in [4.69, 9.17) is 0 Å². The van der Waals surface area contributed by atoms with Gasteiger partial charge in [-0.1, -0.05) is 38.1 Å². The average molecular weight is 405 g/mol. The maximum Gasteiger partial charge on any atom is 0.418 e. The highest BCUT2D eigenvalue weighted by Gasteiger charge is 2.56. The summed E-state index contributed by atoms with van der Waals surface area (Å²) in [5.41, 5.74) is -3.65. The average Bonchev–Trinajstić information content (AvgIpc) is 2.63. The van der Waals surface area contributed by atoms with Gasteiger partial charge >= 0.3 is 6.18 Å². The zero-order chi connectivity index (χ0) is 21.4. The van der Waals surface area contributed by atoms with Crippen LogP contribution >= 0.6 is 0 Å². The first-order valence-corrected chi connectivity index (χ1v) is 9.10. The summed E-state index contributed by atoms with van der Waals surface area (Å²) in [6.07, 6.45) is -4.28. The minimum atomic E-state index is -4.91. The number of fused-ring (bicyclic) bond motifs is 1. The van der Waals surface area contributed by atoms with E-state index in [-0.39, 0.29) is 16.6 Å².